The second-order valence-electron chi connectivity index (χ2n) is 7.67. The summed E-state index contributed by atoms with van der Waals surface area (Å²) in [6, 6.07) is 15.4. The van der Waals surface area contributed by atoms with Crippen LogP contribution in [0.5, 0.6) is 0 Å². The Bertz CT molecular complexity index is 1040. The van der Waals surface area contributed by atoms with E-state index in [0.717, 1.165) is 20.9 Å². The van der Waals surface area contributed by atoms with Gasteiger partial charge in [-0.25, -0.2) is 4.31 Å². The van der Waals surface area contributed by atoms with Crippen LogP contribution in [0.1, 0.15) is 22.9 Å². The molecule has 0 aliphatic rings. The molecule has 34 heavy (non-hydrogen) atoms. The van der Waals surface area contributed by atoms with E-state index in [1.165, 1.54) is 18.2 Å². The topological polar surface area (TPSA) is 85.2 Å². The summed E-state index contributed by atoms with van der Waals surface area (Å²) in [6.07, 6.45) is 3.21. The van der Waals surface area contributed by atoms with E-state index in [1.54, 1.807) is 22.7 Å². The third-order valence-electron chi connectivity index (χ3n) is 5.06. The fraction of sp³-hybridized carbons (Fsp3) is 0.280. The molecule has 0 bridgehead atoms. The number of nitrogens with zero attached hydrogens (tertiary/aromatic N) is 2. The van der Waals surface area contributed by atoms with Gasteiger partial charge in [-0.2, -0.15) is 11.3 Å². The van der Waals surface area contributed by atoms with Crippen molar-refractivity contribution in [1.82, 2.24) is 9.62 Å². The molecule has 0 saturated carbocycles. The molecule has 0 radical (unpaired) electrons. The second kappa shape index (κ2) is 14.1. The first-order valence-corrected chi connectivity index (χ1v) is 13.5. The average Bonchev–Trinajstić information content (AvgIpc) is 3.53. The molecule has 0 spiro atoms. The van der Waals surface area contributed by atoms with Crippen molar-refractivity contribution in [2.45, 2.75) is 38.5 Å². The number of thiophene rings is 2. The van der Waals surface area contributed by atoms with Crippen molar-refractivity contribution in [3.63, 3.8) is 0 Å². The maximum atomic E-state index is 12.8. The SMILES string of the molecule is C/C=C(/C=N\O)SN(Cc1cccs1)CC(O)C(Cc1ccccc1)NC(=O)Cc1ccsc1. The van der Waals surface area contributed by atoms with Crippen molar-refractivity contribution < 1.29 is 15.1 Å². The van der Waals surface area contributed by atoms with Gasteiger partial charge in [0.15, 0.2) is 0 Å². The lowest BCUT2D eigenvalue weighted by molar-refractivity contribution is -0.122. The van der Waals surface area contributed by atoms with Crippen molar-refractivity contribution in [3.05, 3.63) is 91.7 Å². The molecule has 2 atom stereocenters. The highest BCUT2D eigenvalue weighted by Crippen LogP contribution is 2.25. The fourth-order valence-corrected chi connectivity index (χ4v) is 5.79. The number of aliphatic hydroxyl groups is 1. The van der Waals surface area contributed by atoms with Gasteiger partial charge in [-0.05, 0) is 64.7 Å². The Morgan fingerprint density at radius 3 is 2.65 bits per heavy atom. The minimum absolute atomic E-state index is 0.114. The molecule has 0 fully saturated rings. The largest absolute Gasteiger partial charge is 0.411 e. The van der Waals surface area contributed by atoms with Crippen molar-refractivity contribution in [1.29, 1.82) is 0 Å². The summed E-state index contributed by atoms with van der Waals surface area (Å²) in [5.74, 6) is -0.114. The molecule has 0 aliphatic heterocycles. The first-order valence-electron chi connectivity index (χ1n) is 10.9. The van der Waals surface area contributed by atoms with E-state index in [2.05, 4.69) is 10.5 Å². The number of hydrogen-bond donors (Lipinski definition) is 3. The van der Waals surface area contributed by atoms with E-state index in [0.29, 0.717) is 19.5 Å². The summed E-state index contributed by atoms with van der Waals surface area (Å²) in [4.78, 5) is 14.7. The Morgan fingerprint density at radius 1 is 1.18 bits per heavy atom. The monoisotopic (exact) mass is 515 g/mol. The van der Waals surface area contributed by atoms with Gasteiger partial charge in [0, 0.05) is 22.9 Å². The molecule has 2 unspecified atom stereocenters. The molecule has 180 valence electrons. The fourth-order valence-electron chi connectivity index (χ4n) is 3.39. The van der Waals surface area contributed by atoms with Crippen LogP contribution in [0.15, 0.2) is 80.8 Å². The number of oxime groups is 1. The molecular formula is C25H29N3O3S3. The van der Waals surface area contributed by atoms with E-state index >= 15 is 0 Å². The van der Waals surface area contributed by atoms with Crippen LogP contribution in [0.2, 0.25) is 0 Å². The lowest BCUT2D eigenvalue weighted by Crippen LogP contribution is -2.49. The Balaban J connectivity index is 1.74. The number of hydrogen-bond acceptors (Lipinski definition) is 8. The van der Waals surface area contributed by atoms with Crippen LogP contribution in [0.25, 0.3) is 0 Å². The van der Waals surface area contributed by atoms with Crippen LogP contribution in [-0.2, 0) is 24.2 Å². The molecule has 0 aliphatic carbocycles. The molecule has 0 saturated heterocycles. The van der Waals surface area contributed by atoms with Gasteiger partial charge in [-0.1, -0.05) is 47.6 Å². The zero-order valence-corrected chi connectivity index (χ0v) is 21.4. The molecule has 3 rings (SSSR count). The summed E-state index contributed by atoms with van der Waals surface area (Å²) in [5.41, 5.74) is 2.01. The van der Waals surface area contributed by atoms with Gasteiger partial charge in [0.25, 0.3) is 0 Å². The predicted molar refractivity (Wildman–Crippen MR) is 142 cm³/mol. The van der Waals surface area contributed by atoms with Crippen LogP contribution in [-0.4, -0.2) is 45.4 Å². The molecule has 3 N–H and O–H groups in total. The lowest BCUT2D eigenvalue weighted by atomic mass is 10.0. The van der Waals surface area contributed by atoms with E-state index in [4.69, 9.17) is 5.21 Å². The van der Waals surface area contributed by atoms with E-state index in [9.17, 15) is 9.90 Å². The molecule has 2 aromatic heterocycles. The molecule has 3 aromatic rings. The Kier molecular flexibility index (Phi) is 10.8. The van der Waals surface area contributed by atoms with Crippen molar-refractivity contribution >= 4 is 46.7 Å². The zero-order chi connectivity index (χ0) is 24.2. The highest BCUT2D eigenvalue weighted by atomic mass is 32.2. The first-order chi connectivity index (χ1) is 16.6. The Hall–Kier alpha value is -2.43. The summed E-state index contributed by atoms with van der Waals surface area (Å²) >= 11 is 4.61. The Morgan fingerprint density at radius 2 is 2.00 bits per heavy atom. The first kappa shape index (κ1) is 26.2. The van der Waals surface area contributed by atoms with Gasteiger partial charge in [0.1, 0.15) is 0 Å². The highest BCUT2D eigenvalue weighted by Gasteiger charge is 2.25. The van der Waals surface area contributed by atoms with Crippen molar-refractivity contribution in [2.75, 3.05) is 6.54 Å². The minimum Gasteiger partial charge on any atom is -0.411 e. The van der Waals surface area contributed by atoms with Gasteiger partial charge in [-0.15, -0.1) is 11.3 Å². The molecule has 6 nitrogen and oxygen atoms in total. The number of allylic oxidation sites excluding steroid dienone is 2. The number of carbonyl (C=O) groups is 1. The smallest absolute Gasteiger partial charge is 0.224 e. The Labute approximate surface area is 212 Å². The van der Waals surface area contributed by atoms with E-state index < -0.39 is 12.1 Å². The number of nitrogens with one attached hydrogen (secondary N) is 1. The third-order valence-corrected chi connectivity index (χ3v) is 7.74. The highest BCUT2D eigenvalue weighted by molar-refractivity contribution is 8.01. The number of amides is 1. The van der Waals surface area contributed by atoms with Crippen LogP contribution in [0, 0.1) is 0 Å². The van der Waals surface area contributed by atoms with Crippen LogP contribution in [0.3, 0.4) is 0 Å². The van der Waals surface area contributed by atoms with Crippen molar-refractivity contribution in [2.24, 2.45) is 5.16 Å². The van der Waals surface area contributed by atoms with Gasteiger partial charge in [0.2, 0.25) is 5.91 Å². The molecule has 9 heteroatoms. The molecule has 1 aromatic carbocycles. The zero-order valence-electron chi connectivity index (χ0n) is 18.9. The van der Waals surface area contributed by atoms with Crippen LogP contribution < -0.4 is 5.32 Å². The maximum Gasteiger partial charge on any atom is 0.224 e. The summed E-state index contributed by atoms with van der Waals surface area (Å²) in [7, 11) is 0. The van der Waals surface area contributed by atoms with Gasteiger partial charge in [0.05, 0.1) is 24.8 Å². The molecule has 1 amide bonds. The molecule has 2 heterocycles. The summed E-state index contributed by atoms with van der Waals surface area (Å²) in [5, 5.41) is 32.4. The van der Waals surface area contributed by atoms with E-state index in [-0.39, 0.29) is 12.3 Å². The normalized spacial score (nSPS) is 13.9. The van der Waals surface area contributed by atoms with Gasteiger partial charge < -0.3 is 15.6 Å². The van der Waals surface area contributed by atoms with E-state index in [1.807, 2.05) is 82.0 Å². The quantitative estimate of drug-likeness (QED) is 0.130. The van der Waals surface area contributed by atoms with Crippen molar-refractivity contribution in [3.8, 4) is 0 Å². The molecular weight excluding hydrogens is 486 g/mol. The number of rotatable bonds is 13. The number of aliphatic hydroxyl groups excluding tert-OH is 1. The van der Waals surface area contributed by atoms with Gasteiger partial charge in [-0.3, -0.25) is 4.79 Å². The number of benzene rings is 1. The summed E-state index contributed by atoms with van der Waals surface area (Å²) < 4.78 is 2.02. The lowest BCUT2D eigenvalue weighted by Gasteiger charge is -2.29. The predicted octanol–water partition coefficient (Wildman–Crippen LogP) is 4.95. The minimum atomic E-state index is -0.816. The second-order valence-corrected chi connectivity index (χ2v) is 10.7. The standard InChI is InChI=1S/C25H29N3O3S3/c1-2-21(15-26-31)34-28(16-22-9-6-11-33-22)17-24(29)23(13-19-7-4-3-5-8-19)27-25(30)14-20-10-12-32-18-20/h2-12,15,18,23-24,29,31H,13-14,16-17H2,1H3,(H,27,30)/b21-2-,26-15-. The average molecular weight is 516 g/mol. The number of carbonyl (C=O) groups excluding carboxylic acids is 1. The summed E-state index contributed by atoms with van der Waals surface area (Å²) in [6.45, 7) is 2.79. The van der Waals surface area contributed by atoms with Gasteiger partial charge >= 0.3 is 0 Å². The van der Waals surface area contributed by atoms with Crippen LogP contribution in [0.4, 0.5) is 0 Å². The maximum absolute atomic E-state index is 12.8. The third kappa shape index (κ3) is 8.73. The van der Waals surface area contributed by atoms with Crippen LogP contribution >= 0.6 is 34.6 Å².